The number of thiophene rings is 1. The van der Waals surface area contributed by atoms with Gasteiger partial charge in [0, 0.05) is 10.8 Å². The van der Waals surface area contributed by atoms with Crippen molar-refractivity contribution in [2.45, 2.75) is 0 Å². The van der Waals surface area contributed by atoms with Gasteiger partial charge in [-0.25, -0.2) is 10.8 Å². The van der Waals surface area contributed by atoms with Gasteiger partial charge in [-0.05, 0) is 30.3 Å². The molecule has 3 aromatic rings. The molecule has 6 heteroatoms. The second kappa shape index (κ2) is 4.49. The summed E-state index contributed by atoms with van der Waals surface area (Å²) in [4.78, 5) is 17.4. The Bertz CT molecular complexity index is 782. The van der Waals surface area contributed by atoms with Gasteiger partial charge in [0.15, 0.2) is 0 Å². The van der Waals surface area contributed by atoms with Crippen LogP contribution in [0.15, 0.2) is 30.3 Å². The van der Waals surface area contributed by atoms with Crippen molar-refractivity contribution in [3.8, 4) is 5.75 Å². The summed E-state index contributed by atoms with van der Waals surface area (Å²) in [6.07, 6.45) is 0. The zero-order chi connectivity index (χ0) is 13.4. The number of carbonyl (C=O) groups excluding carboxylic acids is 1. The number of fused-ring (bicyclic) bond motifs is 2. The van der Waals surface area contributed by atoms with Crippen LogP contribution in [-0.2, 0) is 0 Å². The SMILES string of the molecule is COc1ccc2nc3sc(C(=O)NN)cc3cc2c1. The standard InChI is InChI=1S/C13H11N3O2S/c1-18-9-2-3-10-7(5-9)4-8-6-11(12(17)16-14)19-13(8)15-10/h2-6H,14H2,1H3,(H,16,17). The average molecular weight is 273 g/mol. The van der Waals surface area contributed by atoms with Crippen LogP contribution in [0, 0.1) is 0 Å². The summed E-state index contributed by atoms with van der Waals surface area (Å²) in [6, 6.07) is 9.46. The zero-order valence-corrected chi connectivity index (χ0v) is 11.0. The molecule has 0 saturated carbocycles. The Morgan fingerprint density at radius 1 is 1.32 bits per heavy atom. The molecule has 5 nitrogen and oxygen atoms in total. The van der Waals surface area contributed by atoms with E-state index in [1.54, 1.807) is 13.2 Å². The van der Waals surface area contributed by atoms with Crippen LogP contribution in [0.2, 0.25) is 0 Å². The fourth-order valence-electron chi connectivity index (χ4n) is 1.92. The lowest BCUT2D eigenvalue weighted by atomic mass is 10.2. The van der Waals surface area contributed by atoms with E-state index < -0.39 is 0 Å². The summed E-state index contributed by atoms with van der Waals surface area (Å²) >= 11 is 1.32. The number of nitrogen functional groups attached to an aromatic ring is 1. The molecular weight excluding hydrogens is 262 g/mol. The zero-order valence-electron chi connectivity index (χ0n) is 10.1. The smallest absolute Gasteiger partial charge is 0.275 e. The number of carbonyl (C=O) groups is 1. The number of aromatic nitrogens is 1. The van der Waals surface area contributed by atoms with Gasteiger partial charge in [-0.3, -0.25) is 10.2 Å². The molecule has 0 unspecified atom stereocenters. The Morgan fingerprint density at radius 2 is 2.16 bits per heavy atom. The Hall–Kier alpha value is -2.18. The van der Waals surface area contributed by atoms with E-state index >= 15 is 0 Å². The van der Waals surface area contributed by atoms with Gasteiger partial charge >= 0.3 is 0 Å². The summed E-state index contributed by atoms with van der Waals surface area (Å²) in [5.74, 6) is 5.61. The lowest BCUT2D eigenvalue weighted by Crippen LogP contribution is -2.29. The van der Waals surface area contributed by atoms with Crippen molar-refractivity contribution >= 4 is 38.4 Å². The van der Waals surface area contributed by atoms with Crippen LogP contribution in [-0.4, -0.2) is 18.0 Å². The molecule has 0 aliphatic rings. The number of ether oxygens (including phenoxy) is 1. The summed E-state index contributed by atoms with van der Waals surface area (Å²) in [5, 5.41) is 1.90. The van der Waals surface area contributed by atoms with Gasteiger partial charge in [0.1, 0.15) is 10.6 Å². The highest BCUT2D eigenvalue weighted by molar-refractivity contribution is 7.20. The van der Waals surface area contributed by atoms with Crippen LogP contribution >= 0.6 is 11.3 Å². The molecular formula is C13H11N3O2S. The average Bonchev–Trinajstić information content (AvgIpc) is 2.85. The number of rotatable bonds is 2. The number of nitrogens with zero attached hydrogens (tertiary/aromatic N) is 1. The minimum absolute atomic E-state index is 0.301. The fourth-order valence-corrected chi connectivity index (χ4v) is 2.85. The third-order valence-corrected chi connectivity index (χ3v) is 3.91. The highest BCUT2D eigenvalue weighted by Crippen LogP contribution is 2.28. The van der Waals surface area contributed by atoms with Crippen molar-refractivity contribution in [3.05, 3.63) is 35.2 Å². The van der Waals surface area contributed by atoms with E-state index in [0.29, 0.717) is 4.88 Å². The van der Waals surface area contributed by atoms with Crippen LogP contribution < -0.4 is 16.0 Å². The van der Waals surface area contributed by atoms with Crippen LogP contribution in [0.1, 0.15) is 9.67 Å². The van der Waals surface area contributed by atoms with Crippen molar-refractivity contribution in [1.29, 1.82) is 0 Å². The molecule has 0 radical (unpaired) electrons. The highest BCUT2D eigenvalue weighted by atomic mass is 32.1. The largest absolute Gasteiger partial charge is 0.497 e. The van der Waals surface area contributed by atoms with E-state index in [9.17, 15) is 4.79 Å². The Kier molecular flexibility index (Phi) is 2.81. The summed E-state index contributed by atoms with van der Waals surface area (Å²) in [7, 11) is 1.63. The normalized spacial score (nSPS) is 10.8. The number of nitrogens with one attached hydrogen (secondary N) is 1. The van der Waals surface area contributed by atoms with Crippen molar-refractivity contribution < 1.29 is 9.53 Å². The van der Waals surface area contributed by atoms with Gasteiger partial charge in [0.25, 0.3) is 5.91 Å². The molecule has 3 N–H and O–H groups in total. The number of hydrogen-bond donors (Lipinski definition) is 2. The van der Waals surface area contributed by atoms with Gasteiger partial charge in [-0.15, -0.1) is 11.3 Å². The van der Waals surface area contributed by atoms with Crippen LogP contribution in [0.5, 0.6) is 5.75 Å². The molecule has 19 heavy (non-hydrogen) atoms. The third-order valence-electron chi connectivity index (χ3n) is 2.86. The number of pyridine rings is 1. The molecule has 2 aromatic heterocycles. The summed E-state index contributed by atoms with van der Waals surface area (Å²) in [6.45, 7) is 0. The number of nitrogens with two attached hydrogens (primary N) is 1. The number of amides is 1. The molecule has 2 heterocycles. The van der Waals surface area contributed by atoms with Gasteiger partial charge < -0.3 is 4.74 Å². The fraction of sp³-hybridized carbons (Fsp3) is 0.0769. The monoisotopic (exact) mass is 273 g/mol. The number of hydrogen-bond acceptors (Lipinski definition) is 5. The maximum Gasteiger partial charge on any atom is 0.275 e. The van der Waals surface area contributed by atoms with Gasteiger partial charge in [0.2, 0.25) is 0 Å². The van der Waals surface area contributed by atoms with E-state index in [-0.39, 0.29) is 5.91 Å². The van der Waals surface area contributed by atoms with Crippen molar-refractivity contribution in [1.82, 2.24) is 10.4 Å². The first-order valence-electron chi connectivity index (χ1n) is 5.60. The molecule has 0 aliphatic heterocycles. The molecule has 0 saturated heterocycles. The van der Waals surface area contributed by atoms with E-state index in [1.165, 1.54) is 11.3 Å². The molecule has 0 aliphatic carbocycles. The minimum Gasteiger partial charge on any atom is -0.497 e. The Balaban J connectivity index is 2.22. The van der Waals surface area contributed by atoms with Gasteiger partial charge in [-0.2, -0.15) is 0 Å². The van der Waals surface area contributed by atoms with Crippen LogP contribution in [0.3, 0.4) is 0 Å². The predicted molar refractivity (Wildman–Crippen MR) is 75.3 cm³/mol. The second-order valence-corrected chi connectivity index (χ2v) is 5.06. The van der Waals surface area contributed by atoms with E-state index in [2.05, 4.69) is 10.4 Å². The second-order valence-electron chi connectivity index (χ2n) is 4.03. The summed E-state index contributed by atoms with van der Waals surface area (Å²) in [5.41, 5.74) is 3.00. The van der Waals surface area contributed by atoms with Crippen molar-refractivity contribution in [2.24, 2.45) is 5.84 Å². The first kappa shape index (κ1) is 11.9. The van der Waals surface area contributed by atoms with Crippen molar-refractivity contribution in [3.63, 3.8) is 0 Å². The molecule has 3 rings (SSSR count). The lowest BCUT2D eigenvalue weighted by molar-refractivity contribution is 0.0958. The number of methoxy groups -OCH3 is 1. The molecule has 0 fully saturated rings. The molecule has 0 atom stereocenters. The maximum atomic E-state index is 11.5. The maximum absolute atomic E-state index is 11.5. The molecule has 0 spiro atoms. The number of hydrazine groups is 1. The predicted octanol–water partition coefficient (Wildman–Crippen LogP) is 2.06. The van der Waals surface area contributed by atoms with E-state index in [0.717, 1.165) is 26.9 Å². The van der Waals surface area contributed by atoms with Crippen molar-refractivity contribution in [2.75, 3.05) is 7.11 Å². The van der Waals surface area contributed by atoms with Crippen LogP contribution in [0.4, 0.5) is 0 Å². The first-order valence-corrected chi connectivity index (χ1v) is 6.42. The van der Waals surface area contributed by atoms with E-state index in [1.807, 2.05) is 24.3 Å². The first-order chi connectivity index (χ1) is 9.21. The molecule has 0 bridgehead atoms. The Morgan fingerprint density at radius 3 is 2.89 bits per heavy atom. The molecule has 96 valence electrons. The Labute approximate surface area is 113 Å². The number of benzene rings is 1. The molecule has 1 aromatic carbocycles. The minimum atomic E-state index is -0.301. The van der Waals surface area contributed by atoms with Gasteiger partial charge in [0.05, 0.1) is 17.5 Å². The highest BCUT2D eigenvalue weighted by Gasteiger charge is 2.10. The quantitative estimate of drug-likeness (QED) is 0.425. The topological polar surface area (TPSA) is 77.2 Å². The molecule has 1 amide bonds. The third kappa shape index (κ3) is 2.00. The van der Waals surface area contributed by atoms with E-state index in [4.69, 9.17) is 10.6 Å². The van der Waals surface area contributed by atoms with Crippen LogP contribution in [0.25, 0.3) is 21.1 Å². The lowest BCUT2D eigenvalue weighted by Gasteiger charge is -2.01. The summed E-state index contributed by atoms with van der Waals surface area (Å²) < 4.78 is 5.19. The van der Waals surface area contributed by atoms with Gasteiger partial charge in [-0.1, -0.05) is 0 Å².